The molecule has 0 radical (unpaired) electrons. The maximum atomic E-state index is 12.3. The number of hydrogen-bond acceptors (Lipinski definition) is 3. The summed E-state index contributed by atoms with van der Waals surface area (Å²) in [7, 11) is -0.962. The molecule has 1 aliphatic heterocycles. The second-order valence-corrected chi connectivity index (χ2v) is 12.9. The van der Waals surface area contributed by atoms with Gasteiger partial charge in [-0.05, 0) is 73.0 Å². The van der Waals surface area contributed by atoms with E-state index in [2.05, 4.69) is 20.8 Å². The molecule has 1 unspecified atom stereocenters. The van der Waals surface area contributed by atoms with Crippen molar-refractivity contribution in [3.05, 3.63) is 0 Å². The molecule has 0 bridgehead atoms. The summed E-state index contributed by atoms with van der Waals surface area (Å²) in [6, 6.07) is 0.358. The topological polar surface area (TPSA) is 54.5 Å². The summed E-state index contributed by atoms with van der Waals surface area (Å²) < 4.78 is 24.6. The van der Waals surface area contributed by atoms with Gasteiger partial charge < -0.3 is 4.90 Å². The van der Waals surface area contributed by atoms with Crippen LogP contribution < -0.4 is 0 Å². The predicted octanol–water partition coefficient (Wildman–Crippen LogP) is 3.51. The summed E-state index contributed by atoms with van der Waals surface area (Å²) in [6.45, 7) is 7.15. The number of rotatable bonds is 1. The van der Waals surface area contributed by atoms with Crippen molar-refractivity contribution in [2.45, 2.75) is 77.0 Å². The Hall–Kier alpha value is -0.580. The average Bonchev–Trinajstić information content (AvgIpc) is 2.91. The zero-order valence-electron chi connectivity index (χ0n) is 17.0. The molecule has 0 aromatic carbocycles. The van der Waals surface area contributed by atoms with Crippen molar-refractivity contribution in [2.24, 2.45) is 34.5 Å². The normalized spacial score (nSPS) is 51.6. The first-order valence-corrected chi connectivity index (χ1v) is 12.4. The zero-order chi connectivity index (χ0) is 19.1. The lowest BCUT2D eigenvalue weighted by Gasteiger charge is -2.63. The summed E-state index contributed by atoms with van der Waals surface area (Å²) >= 11 is 0. The number of nitrogens with zero attached hydrogens (tertiary/aromatic N) is 1. The fourth-order valence-corrected chi connectivity index (χ4v) is 9.02. The van der Waals surface area contributed by atoms with Gasteiger partial charge in [-0.15, -0.1) is 0 Å². The van der Waals surface area contributed by atoms with Gasteiger partial charge in [-0.3, -0.25) is 4.79 Å². The van der Waals surface area contributed by atoms with Crippen molar-refractivity contribution in [1.29, 1.82) is 0 Å². The largest absolute Gasteiger partial charge is 0.342 e. The van der Waals surface area contributed by atoms with Gasteiger partial charge >= 0.3 is 0 Å². The highest BCUT2D eigenvalue weighted by Crippen LogP contribution is 2.66. The van der Waals surface area contributed by atoms with E-state index < -0.39 is 9.84 Å². The van der Waals surface area contributed by atoms with E-state index in [1.165, 1.54) is 12.7 Å². The second-order valence-electron chi connectivity index (χ2n) is 10.6. The Morgan fingerprint density at radius 1 is 1.12 bits per heavy atom. The Morgan fingerprint density at radius 3 is 2.46 bits per heavy atom. The second kappa shape index (κ2) is 5.71. The average molecular weight is 382 g/mol. The molecule has 8 atom stereocenters. The van der Waals surface area contributed by atoms with Crippen molar-refractivity contribution >= 4 is 15.7 Å². The molecule has 0 aromatic rings. The van der Waals surface area contributed by atoms with Crippen LogP contribution in [0.3, 0.4) is 0 Å². The number of fused-ring (bicyclic) bond motifs is 5. The van der Waals surface area contributed by atoms with Crippen LogP contribution in [0.4, 0.5) is 0 Å². The van der Waals surface area contributed by atoms with Gasteiger partial charge in [0.2, 0.25) is 5.91 Å². The highest BCUT2D eigenvalue weighted by atomic mass is 32.2. The Labute approximate surface area is 159 Å². The highest BCUT2D eigenvalue weighted by Gasteiger charge is 2.62. The lowest BCUT2D eigenvalue weighted by molar-refractivity contribution is -0.164. The van der Waals surface area contributed by atoms with Crippen LogP contribution in [0.15, 0.2) is 0 Å². The molecule has 1 saturated heterocycles. The van der Waals surface area contributed by atoms with Crippen LogP contribution in [0.2, 0.25) is 0 Å². The van der Waals surface area contributed by atoms with Crippen LogP contribution in [-0.2, 0) is 14.6 Å². The number of sulfone groups is 1. The molecule has 3 aliphatic carbocycles. The van der Waals surface area contributed by atoms with Crippen LogP contribution in [0.5, 0.6) is 0 Å². The third kappa shape index (κ3) is 2.51. The molecule has 0 spiro atoms. The molecule has 0 N–H and O–H groups in total. The van der Waals surface area contributed by atoms with Crippen LogP contribution in [0.25, 0.3) is 0 Å². The maximum absolute atomic E-state index is 12.3. The van der Waals surface area contributed by atoms with E-state index in [9.17, 15) is 13.2 Å². The van der Waals surface area contributed by atoms with Gasteiger partial charge in [0.25, 0.3) is 0 Å². The molecular weight excluding hydrogens is 346 g/mol. The van der Waals surface area contributed by atoms with Crippen molar-refractivity contribution in [3.8, 4) is 0 Å². The monoisotopic (exact) mass is 381 g/mol. The Balaban J connectivity index is 1.69. The van der Waals surface area contributed by atoms with E-state index >= 15 is 0 Å². The van der Waals surface area contributed by atoms with E-state index in [0.717, 1.165) is 32.1 Å². The van der Waals surface area contributed by atoms with Crippen molar-refractivity contribution in [2.75, 3.05) is 13.3 Å². The minimum absolute atomic E-state index is 0.149. The van der Waals surface area contributed by atoms with Gasteiger partial charge in [0, 0.05) is 25.8 Å². The minimum Gasteiger partial charge on any atom is -0.342 e. The molecule has 3 saturated carbocycles. The quantitative estimate of drug-likeness (QED) is 0.698. The van der Waals surface area contributed by atoms with Gasteiger partial charge in [0.15, 0.2) is 0 Å². The Morgan fingerprint density at radius 2 is 1.81 bits per heavy atom. The first-order valence-electron chi connectivity index (χ1n) is 10.4. The molecule has 4 aliphatic rings. The lowest BCUT2D eigenvalue weighted by Crippen LogP contribution is -2.62. The molecule has 1 amide bonds. The van der Waals surface area contributed by atoms with Gasteiger partial charge in [0.1, 0.15) is 9.84 Å². The van der Waals surface area contributed by atoms with Crippen molar-refractivity contribution < 1.29 is 13.2 Å². The molecule has 4 fully saturated rings. The van der Waals surface area contributed by atoms with Crippen LogP contribution in [0, 0.1) is 34.5 Å². The molecule has 1 heterocycles. The van der Waals surface area contributed by atoms with E-state index in [1.807, 2.05) is 11.9 Å². The van der Waals surface area contributed by atoms with Gasteiger partial charge in [-0.25, -0.2) is 8.42 Å². The summed E-state index contributed by atoms with van der Waals surface area (Å²) in [4.78, 5) is 14.3. The van der Waals surface area contributed by atoms with E-state index in [1.54, 1.807) is 0 Å². The summed E-state index contributed by atoms with van der Waals surface area (Å²) in [6.07, 6.45) is 8.25. The van der Waals surface area contributed by atoms with Crippen LogP contribution >= 0.6 is 0 Å². The molecular formula is C21H35NO3S. The molecule has 0 aromatic heterocycles. The number of carbonyl (C=O) groups is 1. The van der Waals surface area contributed by atoms with Crippen molar-refractivity contribution in [3.63, 3.8) is 0 Å². The van der Waals surface area contributed by atoms with E-state index in [0.29, 0.717) is 42.0 Å². The molecule has 4 rings (SSSR count). The van der Waals surface area contributed by atoms with E-state index in [-0.39, 0.29) is 16.1 Å². The Bertz CT molecular complexity index is 719. The zero-order valence-corrected chi connectivity index (χ0v) is 17.8. The number of amides is 1. The standard InChI is InChI=1S/C21H35NO3S/c1-13-10-17-21(3,9-7-18(23)22(17)4)15-6-8-20(2)12-14(26(5,24)25)11-16(20)19(13)15/h13-17,19H,6-12H2,1-5H3/t13-,14+,15-,16-,17+,19?,20+,21+/m0/s1. The van der Waals surface area contributed by atoms with Gasteiger partial charge in [-0.2, -0.15) is 0 Å². The minimum atomic E-state index is -2.96. The molecule has 148 valence electrons. The highest BCUT2D eigenvalue weighted by molar-refractivity contribution is 7.91. The fraction of sp³-hybridized carbons (Fsp3) is 0.952. The van der Waals surface area contributed by atoms with Crippen LogP contribution in [0.1, 0.15) is 65.7 Å². The van der Waals surface area contributed by atoms with E-state index in [4.69, 9.17) is 0 Å². The lowest BCUT2D eigenvalue weighted by atomic mass is 9.45. The third-order valence-corrected chi connectivity index (χ3v) is 10.8. The Kier molecular flexibility index (Phi) is 4.12. The van der Waals surface area contributed by atoms with Gasteiger partial charge in [0.05, 0.1) is 5.25 Å². The summed E-state index contributed by atoms with van der Waals surface area (Å²) in [5.74, 6) is 2.63. The van der Waals surface area contributed by atoms with Crippen LogP contribution in [-0.4, -0.2) is 43.8 Å². The SMILES string of the molecule is C[C@H]1C[C@H]2N(C)C(=O)CC[C@]2(C)[C@H]2CC[C@]3(C)C[C@H](S(C)(=O)=O)C[C@H]3C12. The number of piperidine rings is 1. The smallest absolute Gasteiger partial charge is 0.222 e. The summed E-state index contributed by atoms with van der Waals surface area (Å²) in [5, 5.41) is -0.149. The number of likely N-dealkylation sites (tertiary alicyclic amines) is 1. The van der Waals surface area contributed by atoms with Crippen molar-refractivity contribution in [1.82, 2.24) is 4.90 Å². The molecule has 5 heteroatoms. The first-order chi connectivity index (χ1) is 12.0. The predicted molar refractivity (Wildman–Crippen MR) is 103 cm³/mol. The fourth-order valence-electron chi connectivity index (χ4n) is 7.78. The summed E-state index contributed by atoms with van der Waals surface area (Å²) in [5.41, 5.74) is 0.382. The molecule has 26 heavy (non-hydrogen) atoms. The number of hydrogen-bond donors (Lipinski definition) is 0. The third-order valence-electron chi connectivity index (χ3n) is 9.27. The molecule has 4 nitrogen and oxygen atoms in total. The first kappa shape index (κ1) is 18.8. The van der Waals surface area contributed by atoms with Gasteiger partial charge in [-0.1, -0.05) is 20.8 Å². The maximum Gasteiger partial charge on any atom is 0.222 e. The number of carbonyl (C=O) groups excluding carboxylic acids is 1.